The molecule has 1 atom stereocenters. The number of carbonyl (C=O) groups excluding carboxylic acids is 3. The van der Waals surface area contributed by atoms with E-state index >= 15 is 0 Å². The van der Waals surface area contributed by atoms with E-state index in [0.717, 1.165) is 23.4 Å². The lowest BCUT2D eigenvalue weighted by Crippen LogP contribution is -2.44. The van der Waals surface area contributed by atoms with Crippen LogP contribution in [0.25, 0.3) is 0 Å². The summed E-state index contributed by atoms with van der Waals surface area (Å²) in [5.41, 5.74) is 0.873. The van der Waals surface area contributed by atoms with E-state index in [0.29, 0.717) is 31.2 Å². The van der Waals surface area contributed by atoms with Gasteiger partial charge in [0.05, 0.1) is 24.1 Å². The van der Waals surface area contributed by atoms with Gasteiger partial charge in [-0.05, 0) is 30.5 Å². The third-order valence-corrected chi connectivity index (χ3v) is 6.29. The molecule has 1 aromatic heterocycles. The number of benzene rings is 1. The number of hydrogen-bond donors (Lipinski definition) is 1. The lowest BCUT2D eigenvalue weighted by atomic mass is 10.1. The van der Waals surface area contributed by atoms with Gasteiger partial charge in [0, 0.05) is 44.1 Å². The molecule has 2 aliphatic heterocycles. The van der Waals surface area contributed by atoms with Gasteiger partial charge in [-0.15, -0.1) is 11.3 Å². The van der Waals surface area contributed by atoms with Crippen molar-refractivity contribution in [3.8, 4) is 11.5 Å². The van der Waals surface area contributed by atoms with E-state index in [4.69, 9.17) is 14.2 Å². The molecule has 0 radical (unpaired) electrons. The quantitative estimate of drug-likeness (QED) is 0.533. The summed E-state index contributed by atoms with van der Waals surface area (Å²) in [6.07, 6.45) is 3.78. The van der Waals surface area contributed by atoms with Crippen LogP contribution < -0.4 is 14.8 Å². The number of rotatable bonds is 11. The van der Waals surface area contributed by atoms with Gasteiger partial charge in [-0.25, -0.2) is 4.98 Å². The van der Waals surface area contributed by atoms with Crippen LogP contribution in [0.4, 0.5) is 0 Å². The molecule has 9 nitrogen and oxygen atoms in total. The minimum Gasteiger partial charge on any atom is -0.454 e. The van der Waals surface area contributed by atoms with Crippen LogP contribution in [0.3, 0.4) is 0 Å². The van der Waals surface area contributed by atoms with E-state index < -0.39 is 0 Å². The van der Waals surface area contributed by atoms with Crippen molar-refractivity contribution in [1.82, 2.24) is 15.2 Å². The van der Waals surface area contributed by atoms with Crippen molar-refractivity contribution in [2.75, 3.05) is 26.5 Å². The summed E-state index contributed by atoms with van der Waals surface area (Å²) in [5, 5.41) is 5.41. The topological polar surface area (TPSA) is 107 Å². The Kier molecular flexibility index (Phi) is 7.90. The highest BCUT2D eigenvalue weighted by atomic mass is 32.1. The number of aromatic nitrogens is 1. The van der Waals surface area contributed by atoms with Gasteiger partial charge in [0.1, 0.15) is 5.78 Å². The average molecular weight is 474 g/mol. The predicted molar refractivity (Wildman–Crippen MR) is 120 cm³/mol. The van der Waals surface area contributed by atoms with Gasteiger partial charge in [0.2, 0.25) is 18.6 Å². The van der Waals surface area contributed by atoms with E-state index in [-0.39, 0.29) is 56.3 Å². The Bertz CT molecular complexity index is 975. The number of nitrogens with zero attached hydrogens (tertiary/aromatic N) is 2. The first kappa shape index (κ1) is 23.2. The molecule has 0 bridgehead atoms. The first-order valence-corrected chi connectivity index (χ1v) is 11.9. The van der Waals surface area contributed by atoms with E-state index in [2.05, 4.69) is 10.3 Å². The molecule has 4 rings (SSSR count). The molecule has 2 aliphatic rings. The molecule has 10 heteroatoms. The van der Waals surface area contributed by atoms with Crippen LogP contribution >= 0.6 is 11.3 Å². The molecule has 3 heterocycles. The highest BCUT2D eigenvalue weighted by molar-refractivity contribution is 7.09. The second-order valence-corrected chi connectivity index (χ2v) is 8.99. The number of nitrogens with one attached hydrogen (secondary N) is 1. The van der Waals surface area contributed by atoms with Crippen molar-refractivity contribution >= 4 is 28.9 Å². The first-order chi connectivity index (χ1) is 16.1. The van der Waals surface area contributed by atoms with E-state index in [1.807, 2.05) is 17.5 Å². The van der Waals surface area contributed by atoms with Crippen LogP contribution in [0.15, 0.2) is 29.8 Å². The number of carbonyl (C=O) groups is 3. The first-order valence-electron chi connectivity index (χ1n) is 11.0. The summed E-state index contributed by atoms with van der Waals surface area (Å²) in [6.45, 7) is 1.43. The number of Topliss-reactive ketones (excluding diaryl/α,β-unsaturated/α-hetero) is 1. The number of amides is 2. The molecule has 1 unspecified atom stereocenters. The van der Waals surface area contributed by atoms with Gasteiger partial charge in [-0.3, -0.25) is 14.4 Å². The summed E-state index contributed by atoms with van der Waals surface area (Å²) >= 11 is 1.42. The Morgan fingerprint density at radius 1 is 1.18 bits per heavy atom. The number of ether oxygens (including phenoxy) is 3. The number of hydrogen-bond acceptors (Lipinski definition) is 8. The van der Waals surface area contributed by atoms with Crippen molar-refractivity contribution in [3.63, 3.8) is 0 Å². The molecule has 0 aliphatic carbocycles. The van der Waals surface area contributed by atoms with Crippen LogP contribution in [-0.2, 0) is 32.1 Å². The van der Waals surface area contributed by atoms with Crippen LogP contribution in [0.5, 0.6) is 11.5 Å². The van der Waals surface area contributed by atoms with Crippen molar-refractivity contribution in [3.05, 3.63) is 40.3 Å². The fourth-order valence-electron chi connectivity index (χ4n) is 3.77. The van der Waals surface area contributed by atoms with Crippen LogP contribution in [0, 0.1) is 0 Å². The molecule has 1 saturated heterocycles. The standard InChI is InChI=1S/C23H27N3O6S/c27-17(11-22-24-7-9-33-22)4-6-23(29)26(13-18-2-1-8-30-18)14-21(28)25-12-16-3-5-19-20(10-16)32-15-31-19/h3,5,7,9-10,18H,1-2,4,6,8,11-15H2,(H,25,28). The lowest BCUT2D eigenvalue weighted by Gasteiger charge is -2.25. The van der Waals surface area contributed by atoms with Crippen LogP contribution in [0.1, 0.15) is 36.3 Å². The van der Waals surface area contributed by atoms with Gasteiger partial charge in [0.15, 0.2) is 11.5 Å². The molecule has 33 heavy (non-hydrogen) atoms. The molecule has 1 N–H and O–H groups in total. The minimum absolute atomic E-state index is 0.0392. The zero-order chi connectivity index (χ0) is 23.0. The van der Waals surface area contributed by atoms with Gasteiger partial charge in [-0.1, -0.05) is 6.07 Å². The van der Waals surface area contributed by atoms with Gasteiger partial charge >= 0.3 is 0 Å². The zero-order valence-electron chi connectivity index (χ0n) is 18.3. The zero-order valence-corrected chi connectivity index (χ0v) is 19.1. The molecule has 0 spiro atoms. The summed E-state index contributed by atoms with van der Waals surface area (Å²) in [4.78, 5) is 43.3. The number of ketones is 1. The summed E-state index contributed by atoms with van der Waals surface area (Å²) in [5.74, 6) is 0.800. The maximum atomic E-state index is 12.9. The number of fused-ring (bicyclic) bond motifs is 1. The number of thiazole rings is 1. The fourth-order valence-corrected chi connectivity index (χ4v) is 4.42. The molecule has 0 saturated carbocycles. The molecule has 1 aromatic carbocycles. The maximum Gasteiger partial charge on any atom is 0.239 e. The lowest BCUT2D eigenvalue weighted by molar-refractivity contribution is -0.138. The van der Waals surface area contributed by atoms with E-state index in [9.17, 15) is 14.4 Å². The van der Waals surface area contributed by atoms with Gasteiger partial charge in [0.25, 0.3) is 0 Å². The second-order valence-electron chi connectivity index (χ2n) is 8.01. The molecular weight excluding hydrogens is 446 g/mol. The van der Waals surface area contributed by atoms with E-state index in [1.54, 1.807) is 12.3 Å². The summed E-state index contributed by atoms with van der Waals surface area (Å²) in [6, 6.07) is 5.49. The Hall–Kier alpha value is -2.98. The summed E-state index contributed by atoms with van der Waals surface area (Å²) < 4.78 is 16.3. The second kappa shape index (κ2) is 11.2. The Morgan fingerprint density at radius 3 is 2.85 bits per heavy atom. The normalized spacial score (nSPS) is 16.5. The Balaban J connectivity index is 1.28. The van der Waals surface area contributed by atoms with Crippen molar-refractivity contribution < 1.29 is 28.6 Å². The van der Waals surface area contributed by atoms with Gasteiger partial charge < -0.3 is 24.4 Å². The van der Waals surface area contributed by atoms with Crippen LogP contribution in [-0.4, -0.2) is 60.1 Å². The largest absolute Gasteiger partial charge is 0.454 e. The van der Waals surface area contributed by atoms with Crippen molar-refractivity contribution in [2.24, 2.45) is 0 Å². The molecule has 1 fully saturated rings. The fraction of sp³-hybridized carbons (Fsp3) is 0.478. The maximum absolute atomic E-state index is 12.9. The van der Waals surface area contributed by atoms with Gasteiger partial charge in [-0.2, -0.15) is 0 Å². The Morgan fingerprint density at radius 2 is 2.06 bits per heavy atom. The average Bonchev–Trinajstić information content (AvgIpc) is 3.58. The molecular formula is C23H27N3O6S. The predicted octanol–water partition coefficient (Wildman–Crippen LogP) is 2.09. The molecule has 176 valence electrons. The highest BCUT2D eigenvalue weighted by Gasteiger charge is 2.25. The minimum atomic E-state index is -0.270. The monoisotopic (exact) mass is 473 g/mol. The molecule has 2 amide bonds. The molecule has 2 aromatic rings. The van der Waals surface area contributed by atoms with Crippen LogP contribution in [0.2, 0.25) is 0 Å². The van der Waals surface area contributed by atoms with E-state index in [1.165, 1.54) is 16.2 Å². The smallest absolute Gasteiger partial charge is 0.239 e. The SMILES string of the molecule is O=C(CCC(=O)N(CC(=O)NCc1ccc2c(c1)OCO2)CC1CCCO1)Cc1nccs1. The van der Waals surface area contributed by atoms with Crippen molar-refractivity contribution in [1.29, 1.82) is 0 Å². The van der Waals surface area contributed by atoms with Crippen molar-refractivity contribution in [2.45, 2.75) is 44.8 Å². The third kappa shape index (κ3) is 6.75. The third-order valence-electron chi connectivity index (χ3n) is 5.51. The summed E-state index contributed by atoms with van der Waals surface area (Å²) in [7, 11) is 0. The Labute approximate surface area is 196 Å². The highest BCUT2D eigenvalue weighted by Crippen LogP contribution is 2.32.